The van der Waals surface area contributed by atoms with Gasteiger partial charge in [0.1, 0.15) is 18.4 Å². The zero-order valence-corrected chi connectivity index (χ0v) is 15.1. The monoisotopic (exact) mass is 377 g/mol. The highest BCUT2D eigenvalue weighted by Gasteiger charge is 2.49. The topological polar surface area (TPSA) is 100 Å². The van der Waals surface area contributed by atoms with Crippen LogP contribution in [-0.2, 0) is 15.1 Å². The number of nitrogens with one attached hydrogen (secondary N) is 2. The van der Waals surface area contributed by atoms with Crippen LogP contribution in [0.2, 0.25) is 0 Å². The van der Waals surface area contributed by atoms with Gasteiger partial charge in [0.15, 0.2) is 5.65 Å². The lowest BCUT2D eigenvalue weighted by molar-refractivity contribution is -0.150. The number of rotatable bonds is 2. The molecule has 2 aliphatic heterocycles. The summed E-state index contributed by atoms with van der Waals surface area (Å²) in [6, 6.07) is 13.4. The standard InChI is InChI=1S/C20H19N5O3/c26-17-12-28-16-11-25(9-8-20(16,23-17)14-4-2-1-3-5-14)19(27)15-7-6-13-10-21-24-18(13)22-15/h1-7,10,16H,8-9,11-12H2,(H,23,26)(H,21,22,24)/t16-,20+/m1/s1. The first-order chi connectivity index (χ1) is 13.7. The molecule has 2 atom stereocenters. The third-order valence-corrected chi connectivity index (χ3v) is 5.59. The summed E-state index contributed by atoms with van der Waals surface area (Å²) in [7, 11) is 0. The second kappa shape index (κ2) is 6.42. The number of hydrogen-bond acceptors (Lipinski definition) is 5. The van der Waals surface area contributed by atoms with Gasteiger partial charge in [-0.05, 0) is 24.1 Å². The molecule has 3 aromatic rings. The Hall–Kier alpha value is -3.26. The summed E-state index contributed by atoms with van der Waals surface area (Å²) >= 11 is 0. The van der Waals surface area contributed by atoms with E-state index in [1.165, 1.54) is 0 Å². The predicted molar refractivity (Wildman–Crippen MR) is 100 cm³/mol. The molecule has 2 saturated heterocycles. The number of amides is 2. The van der Waals surface area contributed by atoms with Gasteiger partial charge in [0.05, 0.1) is 11.7 Å². The van der Waals surface area contributed by atoms with Gasteiger partial charge in [-0.2, -0.15) is 5.10 Å². The van der Waals surface area contributed by atoms with Crippen molar-refractivity contribution in [3.63, 3.8) is 0 Å². The number of carbonyl (C=O) groups is 2. The van der Waals surface area contributed by atoms with Crippen LogP contribution in [0.25, 0.3) is 11.0 Å². The van der Waals surface area contributed by atoms with E-state index in [1.54, 1.807) is 17.2 Å². The van der Waals surface area contributed by atoms with E-state index in [0.29, 0.717) is 30.9 Å². The van der Waals surface area contributed by atoms with Gasteiger partial charge in [-0.3, -0.25) is 14.7 Å². The largest absolute Gasteiger partial charge is 0.364 e. The molecule has 8 heteroatoms. The molecule has 0 unspecified atom stereocenters. The van der Waals surface area contributed by atoms with Crippen LogP contribution in [0.1, 0.15) is 22.5 Å². The molecule has 8 nitrogen and oxygen atoms in total. The van der Waals surface area contributed by atoms with Crippen molar-refractivity contribution in [2.75, 3.05) is 19.7 Å². The van der Waals surface area contributed by atoms with E-state index >= 15 is 0 Å². The van der Waals surface area contributed by atoms with E-state index in [0.717, 1.165) is 10.9 Å². The highest BCUT2D eigenvalue weighted by molar-refractivity contribution is 5.94. The van der Waals surface area contributed by atoms with Crippen LogP contribution in [0.3, 0.4) is 0 Å². The number of pyridine rings is 1. The Kier molecular flexibility index (Phi) is 3.87. The number of benzene rings is 1. The molecule has 0 bridgehead atoms. The van der Waals surface area contributed by atoms with Crippen LogP contribution in [0.5, 0.6) is 0 Å². The molecule has 0 aliphatic carbocycles. The first-order valence-electron chi connectivity index (χ1n) is 9.23. The van der Waals surface area contributed by atoms with E-state index < -0.39 is 5.54 Å². The lowest BCUT2D eigenvalue weighted by Crippen LogP contribution is -2.67. The van der Waals surface area contributed by atoms with Crippen LogP contribution in [-0.4, -0.2) is 57.7 Å². The number of piperidine rings is 1. The van der Waals surface area contributed by atoms with Gasteiger partial charge in [-0.25, -0.2) is 4.98 Å². The fourth-order valence-electron chi connectivity index (χ4n) is 4.15. The molecule has 2 aromatic heterocycles. The Morgan fingerprint density at radius 2 is 2.07 bits per heavy atom. The summed E-state index contributed by atoms with van der Waals surface area (Å²) in [6.07, 6.45) is 1.93. The molecule has 142 valence electrons. The summed E-state index contributed by atoms with van der Waals surface area (Å²) in [4.78, 5) is 31.3. The van der Waals surface area contributed by atoms with Gasteiger partial charge in [-0.1, -0.05) is 30.3 Å². The minimum Gasteiger partial charge on any atom is -0.364 e. The first kappa shape index (κ1) is 16.9. The molecular formula is C20H19N5O3. The molecule has 4 heterocycles. The lowest BCUT2D eigenvalue weighted by Gasteiger charge is -2.50. The van der Waals surface area contributed by atoms with E-state index in [-0.39, 0.29) is 24.5 Å². The number of H-pyrrole nitrogens is 1. The number of carbonyl (C=O) groups excluding carboxylic acids is 2. The molecule has 0 spiro atoms. The van der Waals surface area contributed by atoms with Crippen molar-refractivity contribution in [3.05, 3.63) is 59.9 Å². The van der Waals surface area contributed by atoms with Crippen molar-refractivity contribution < 1.29 is 14.3 Å². The van der Waals surface area contributed by atoms with Crippen molar-refractivity contribution in [1.29, 1.82) is 0 Å². The lowest BCUT2D eigenvalue weighted by atomic mass is 9.77. The van der Waals surface area contributed by atoms with Crippen LogP contribution in [0.15, 0.2) is 48.7 Å². The van der Waals surface area contributed by atoms with Crippen molar-refractivity contribution in [3.8, 4) is 0 Å². The van der Waals surface area contributed by atoms with Crippen LogP contribution in [0, 0.1) is 0 Å². The van der Waals surface area contributed by atoms with Crippen molar-refractivity contribution in [1.82, 2.24) is 25.4 Å². The quantitative estimate of drug-likeness (QED) is 0.699. The molecule has 2 amide bonds. The molecule has 0 saturated carbocycles. The van der Waals surface area contributed by atoms with Crippen molar-refractivity contribution >= 4 is 22.8 Å². The number of aromatic nitrogens is 3. The van der Waals surface area contributed by atoms with Gasteiger partial charge in [0, 0.05) is 18.5 Å². The number of aromatic amines is 1. The molecule has 0 radical (unpaired) electrons. The first-order valence-corrected chi connectivity index (χ1v) is 9.23. The smallest absolute Gasteiger partial charge is 0.272 e. The Bertz CT molecular complexity index is 1050. The normalized spacial score (nSPS) is 24.6. The number of fused-ring (bicyclic) bond motifs is 2. The van der Waals surface area contributed by atoms with E-state index in [2.05, 4.69) is 20.5 Å². The summed E-state index contributed by atoms with van der Waals surface area (Å²) in [6.45, 7) is 0.882. The third-order valence-electron chi connectivity index (χ3n) is 5.59. The Morgan fingerprint density at radius 1 is 1.21 bits per heavy atom. The zero-order chi connectivity index (χ0) is 19.1. The minimum atomic E-state index is -0.617. The van der Waals surface area contributed by atoms with Gasteiger partial charge >= 0.3 is 0 Å². The predicted octanol–water partition coefficient (Wildman–Crippen LogP) is 1.21. The fourth-order valence-corrected chi connectivity index (χ4v) is 4.15. The average molecular weight is 377 g/mol. The third kappa shape index (κ3) is 2.65. The van der Waals surface area contributed by atoms with Crippen LogP contribution in [0.4, 0.5) is 0 Å². The second-order valence-electron chi connectivity index (χ2n) is 7.19. The molecule has 28 heavy (non-hydrogen) atoms. The number of ether oxygens (including phenoxy) is 1. The summed E-state index contributed by atoms with van der Waals surface area (Å²) < 4.78 is 5.88. The van der Waals surface area contributed by atoms with Crippen molar-refractivity contribution in [2.24, 2.45) is 0 Å². The Balaban J connectivity index is 1.43. The Labute approximate surface area is 160 Å². The molecular weight excluding hydrogens is 358 g/mol. The fraction of sp³-hybridized carbons (Fsp3) is 0.300. The number of likely N-dealkylation sites (tertiary alicyclic amines) is 1. The summed E-state index contributed by atoms with van der Waals surface area (Å²) in [5.41, 5.74) is 1.33. The van der Waals surface area contributed by atoms with Crippen LogP contribution >= 0.6 is 0 Å². The Morgan fingerprint density at radius 3 is 2.93 bits per heavy atom. The summed E-state index contributed by atoms with van der Waals surface area (Å²) in [5.74, 6) is -0.287. The number of hydrogen-bond donors (Lipinski definition) is 2. The highest BCUT2D eigenvalue weighted by Crippen LogP contribution is 2.37. The minimum absolute atomic E-state index is 0.000362. The zero-order valence-electron chi connectivity index (χ0n) is 15.1. The molecule has 5 rings (SSSR count). The van der Waals surface area contributed by atoms with E-state index in [4.69, 9.17) is 4.74 Å². The molecule has 2 aliphatic rings. The number of morpholine rings is 1. The molecule has 2 fully saturated rings. The maximum absolute atomic E-state index is 13.0. The molecule has 1 aromatic carbocycles. The van der Waals surface area contributed by atoms with E-state index in [1.807, 2.05) is 36.4 Å². The SMILES string of the molecule is O=C1CO[C@@H]2CN(C(=O)c3ccc4cn[nH]c4n3)CC[C@@]2(c2ccccc2)N1. The van der Waals surface area contributed by atoms with Gasteiger partial charge in [0.2, 0.25) is 5.91 Å². The van der Waals surface area contributed by atoms with E-state index in [9.17, 15) is 9.59 Å². The number of nitrogens with zero attached hydrogens (tertiary/aromatic N) is 3. The maximum Gasteiger partial charge on any atom is 0.272 e. The van der Waals surface area contributed by atoms with Gasteiger partial charge < -0.3 is 15.0 Å². The summed E-state index contributed by atoms with van der Waals surface area (Å²) in [5, 5.41) is 10.7. The van der Waals surface area contributed by atoms with Crippen molar-refractivity contribution in [2.45, 2.75) is 18.1 Å². The highest BCUT2D eigenvalue weighted by atomic mass is 16.5. The van der Waals surface area contributed by atoms with Gasteiger partial charge in [0.25, 0.3) is 5.91 Å². The maximum atomic E-state index is 13.0. The van der Waals surface area contributed by atoms with Gasteiger partial charge in [-0.15, -0.1) is 0 Å². The van der Waals surface area contributed by atoms with Crippen LogP contribution < -0.4 is 5.32 Å². The molecule has 2 N–H and O–H groups in total. The second-order valence-corrected chi connectivity index (χ2v) is 7.19. The average Bonchev–Trinajstić information content (AvgIpc) is 3.21.